The van der Waals surface area contributed by atoms with Gasteiger partial charge in [-0.2, -0.15) is 0 Å². The molecule has 4 nitrogen and oxygen atoms in total. The monoisotopic (exact) mass is 282 g/mol. The van der Waals surface area contributed by atoms with E-state index >= 15 is 0 Å². The van der Waals surface area contributed by atoms with Crippen LogP contribution in [0.4, 0.5) is 0 Å². The van der Waals surface area contributed by atoms with Crippen LogP contribution in [0.15, 0.2) is 0 Å². The van der Waals surface area contributed by atoms with Gasteiger partial charge in [0, 0.05) is 25.2 Å². The van der Waals surface area contributed by atoms with E-state index < -0.39 is 5.54 Å². The molecular weight excluding hydrogens is 252 g/mol. The van der Waals surface area contributed by atoms with E-state index in [-0.39, 0.29) is 5.97 Å². The first-order chi connectivity index (χ1) is 9.44. The molecule has 0 radical (unpaired) electrons. The van der Waals surface area contributed by atoms with E-state index in [0.29, 0.717) is 18.7 Å². The number of hydrogen-bond donors (Lipinski definition) is 1. The van der Waals surface area contributed by atoms with Crippen molar-refractivity contribution in [3.63, 3.8) is 0 Å². The van der Waals surface area contributed by atoms with Gasteiger partial charge in [0.05, 0.1) is 6.61 Å². The van der Waals surface area contributed by atoms with Gasteiger partial charge >= 0.3 is 5.97 Å². The number of nitrogens with zero attached hydrogens (tertiary/aromatic N) is 1. The number of esters is 1. The Morgan fingerprint density at radius 3 is 2.60 bits per heavy atom. The SMILES string of the molecule is CCOC(=O)C(C)(CCN1CC(C)CC1C)NC1CC1. The summed E-state index contributed by atoms with van der Waals surface area (Å²) in [7, 11) is 0. The minimum atomic E-state index is -0.525. The molecule has 0 spiro atoms. The van der Waals surface area contributed by atoms with Crippen LogP contribution in [-0.4, -0.2) is 48.2 Å². The molecule has 0 aromatic heterocycles. The fourth-order valence-corrected chi connectivity index (χ4v) is 3.27. The van der Waals surface area contributed by atoms with Crippen LogP contribution in [-0.2, 0) is 9.53 Å². The molecule has 3 atom stereocenters. The summed E-state index contributed by atoms with van der Waals surface area (Å²) in [5.74, 6) is 0.682. The first-order valence-corrected chi connectivity index (χ1v) is 8.13. The Morgan fingerprint density at radius 1 is 1.40 bits per heavy atom. The second-order valence-electron chi connectivity index (χ2n) is 6.91. The maximum absolute atomic E-state index is 12.3. The molecule has 1 saturated heterocycles. The minimum absolute atomic E-state index is 0.0909. The maximum Gasteiger partial charge on any atom is 0.326 e. The smallest absolute Gasteiger partial charge is 0.326 e. The number of carbonyl (C=O) groups excluding carboxylic acids is 1. The lowest BCUT2D eigenvalue weighted by Gasteiger charge is -2.31. The van der Waals surface area contributed by atoms with Crippen LogP contribution in [0.2, 0.25) is 0 Å². The first-order valence-electron chi connectivity index (χ1n) is 8.13. The van der Waals surface area contributed by atoms with Crippen molar-refractivity contribution in [3.8, 4) is 0 Å². The quantitative estimate of drug-likeness (QED) is 0.727. The predicted octanol–water partition coefficient (Wildman–Crippen LogP) is 2.18. The van der Waals surface area contributed by atoms with Crippen LogP contribution in [0.3, 0.4) is 0 Å². The third-order valence-electron chi connectivity index (χ3n) is 4.64. The number of ether oxygens (including phenoxy) is 1. The Bertz CT molecular complexity index is 343. The molecule has 1 N–H and O–H groups in total. The summed E-state index contributed by atoms with van der Waals surface area (Å²) >= 11 is 0. The van der Waals surface area contributed by atoms with Gasteiger partial charge in [-0.1, -0.05) is 6.92 Å². The summed E-state index contributed by atoms with van der Waals surface area (Å²) in [5.41, 5.74) is -0.525. The highest BCUT2D eigenvalue weighted by atomic mass is 16.5. The van der Waals surface area contributed by atoms with E-state index in [1.165, 1.54) is 19.3 Å². The van der Waals surface area contributed by atoms with Crippen molar-refractivity contribution in [1.82, 2.24) is 10.2 Å². The number of rotatable bonds is 7. The zero-order chi connectivity index (χ0) is 14.8. The van der Waals surface area contributed by atoms with E-state index in [9.17, 15) is 4.79 Å². The molecule has 1 aliphatic carbocycles. The second kappa shape index (κ2) is 6.44. The van der Waals surface area contributed by atoms with Gasteiger partial charge in [0.15, 0.2) is 0 Å². The lowest BCUT2D eigenvalue weighted by atomic mass is 9.97. The molecule has 2 aliphatic rings. The summed E-state index contributed by atoms with van der Waals surface area (Å²) in [6, 6.07) is 1.15. The highest BCUT2D eigenvalue weighted by Crippen LogP contribution is 2.27. The third-order valence-corrected chi connectivity index (χ3v) is 4.64. The van der Waals surface area contributed by atoms with Gasteiger partial charge in [0.2, 0.25) is 0 Å². The lowest BCUT2D eigenvalue weighted by Crippen LogP contribution is -2.53. The molecule has 1 heterocycles. The van der Waals surface area contributed by atoms with Gasteiger partial charge in [-0.05, 0) is 52.4 Å². The van der Waals surface area contributed by atoms with Crippen LogP contribution < -0.4 is 5.32 Å². The highest BCUT2D eigenvalue weighted by molar-refractivity contribution is 5.80. The van der Waals surface area contributed by atoms with E-state index in [1.54, 1.807) is 0 Å². The van der Waals surface area contributed by atoms with Crippen LogP contribution >= 0.6 is 0 Å². The van der Waals surface area contributed by atoms with Gasteiger partial charge in [0.25, 0.3) is 0 Å². The molecule has 0 bridgehead atoms. The van der Waals surface area contributed by atoms with Crippen LogP contribution in [0.1, 0.15) is 53.4 Å². The van der Waals surface area contributed by atoms with E-state index in [1.807, 2.05) is 13.8 Å². The highest BCUT2D eigenvalue weighted by Gasteiger charge is 2.40. The summed E-state index contributed by atoms with van der Waals surface area (Å²) in [4.78, 5) is 14.8. The Hall–Kier alpha value is -0.610. The van der Waals surface area contributed by atoms with Crippen molar-refractivity contribution in [3.05, 3.63) is 0 Å². The number of nitrogens with one attached hydrogen (secondary N) is 1. The summed E-state index contributed by atoms with van der Waals surface area (Å²) in [5, 5.41) is 3.50. The molecule has 2 fully saturated rings. The van der Waals surface area contributed by atoms with Crippen molar-refractivity contribution in [2.75, 3.05) is 19.7 Å². The number of likely N-dealkylation sites (tertiary alicyclic amines) is 1. The number of hydrogen-bond acceptors (Lipinski definition) is 4. The molecular formula is C16H30N2O2. The van der Waals surface area contributed by atoms with Gasteiger partial charge in [-0.3, -0.25) is 10.1 Å². The maximum atomic E-state index is 12.3. The van der Waals surface area contributed by atoms with Gasteiger partial charge in [0.1, 0.15) is 5.54 Å². The molecule has 1 aliphatic heterocycles. The minimum Gasteiger partial charge on any atom is -0.465 e. The molecule has 2 rings (SSSR count). The van der Waals surface area contributed by atoms with Crippen LogP contribution in [0.5, 0.6) is 0 Å². The lowest BCUT2D eigenvalue weighted by molar-refractivity contribution is -0.151. The van der Waals surface area contributed by atoms with Crippen molar-refractivity contribution in [2.45, 2.75) is 71.0 Å². The van der Waals surface area contributed by atoms with Crippen molar-refractivity contribution in [1.29, 1.82) is 0 Å². The Balaban J connectivity index is 1.91. The molecule has 1 saturated carbocycles. The summed E-state index contributed by atoms with van der Waals surface area (Å²) in [6.07, 6.45) is 4.48. The fourth-order valence-electron chi connectivity index (χ4n) is 3.27. The summed E-state index contributed by atoms with van der Waals surface area (Å²) in [6.45, 7) is 11.1. The standard InChI is InChI=1S/C16H30N2O2/c1-5-20-15(19)16(4,17-14-6-7-14)8-9-18-11-12(2)10-13(18)3/h12-14,17H,5-11H2,1-4H3. The van der Waals surface area contributed by atoms with Crippen LogP contribution in [0, 0.1) is 5.92 Å². The predicted molar refractivity (Wildman–Crippen MR) is 80.6 cm³/mol. The molecule has 0 amide bonds. The second-order valence-corrected chi connectivity index (χ2v) is 6.91. The van der Waals surface area contributed by atoms with Gasteiger partial charge in [-0.15, -0.1) is 0 Å². The Labute approximate surface area is 123 Å². The average Bonchev–Trinajstić information content (AvgIpc) is 3.12. The topological polar surface area (TPSA) is 41.6 Å². The van der Waals surface area contributed by atoms with E-state index in [0.717, 1.165) is 25.4 Å². The van der Waals surface area contributed by atoms with Gasteiger partial charge in [-0.25, -0.2) is 0 Å². The van der Waals surface area contributed by atoms with Crippen molar-refractivity contribution < 1.29 is 9.53 Å². The van der Waals surface area contributed by atoms with Crippen LogP contribution in [0.25, 0.3) is 0 Å². The Morgan fingerprint density at radius 2 is 2.10 bits per heavy atom. The Kier molecular flexibility index (Phi) is 5.08. The normalized spacial score (nSPS) is 30.2. The van der Waals surface area contributed by atoms with E-state index in [4.69, 9.17) is 4.74 Å². The van der Waals surface area contributed by atoms with Gasteiger partial charge < -0.3 is 9.64 Å². The third kappa shape index (κ3) is 3.95. The fraction of sp³-hybridized carbons (Fsp3) is 0.938. The zero-order valence-corrected chi connectivity index (χ0v) is 13.4. The molecule has 116 valence electrons. The molecule has 3 unspecified atom stereocenters. The molecule has 4 heteroatoms. The molecule has 0 aromatic carbocycles. The van der Waals surface area contributed by atoms with Crippen molar-refractivity contribution >= 4 is 5.97 Å². The largest absolute Gasteiger partial charge is 0.465 e. The summed E-state index contributed by atoms with van der Waals surface area (Å²) < 4.78 is 5.28. The average molecular weight is 282 g/mol. The number of carbonyl (C=O) groups is 1. The van der Waals surface area contributed by atoms with Crippen molar-refractivity contribution in [2.24, 2.45) is 5.92 Å². The molecule has 20 heavy (non-hydrogen) atoms. The zero-order valence-electron chi connectivity index (χ0n) is 13.4. The molecule has 0 aromatic rings. The van der Waals surface area contributed by atoms with E-state index in [2.05, 4.69) is 24.1 Å². The first kappa shape index (κ1) is 15.8.